The Balaban J connectivity index is 3.06. The zero-order chi connectivity index (χ0) is 18.0. The number of piperidine rings is 1. The van der Waals surface area contributed by atoms with Crippen molar-refractivity contribution in [2.24, 2.45) is 5.92 Å². The molecule has 0 spiro atoms. The number of Topliss-reactive ketones (excluding diaryl/α,β-unsaturated/α-hetero) is 1. The number of esters is 1. The molecule has 0 aromatic carbocycles. The van der Waals surface area contributed by atoms with Gasteiger partial charge >= 0.3 is 5.97 Å². The molecule has 5 heteroatoms. The van der Waals surface area contributed by atoms with Crippen LogP contribution in [0.1, 0.15) is 41.0 Å². The van der Waals surface area contributed by atoms with E-state index in [0.29, 0.717) is 13.0 Å². The van der Waals surface area contributed by atoms with Crippen molar-refractivity contribution in [3.8, 4) is 0 Å². The fourth-order valence-electron chi connectivity index (χ4n) is 3.41. The smallest absolute Gasteiger partial charge is 0.330 e. The number of nitrogens with zero attached hydrogens (tertiary/aromatic N) is 1. The summed E-state index contributed by atoms with van der Waals surface area (Å²) < 4.78 is 5.23. The first-order chi connectivity index (χ1) is 10.5. The highest BCUT2D eigenvalue weighted by Gasteiger charge is 2.52. The van der Waals surface area contributed by atoms with E-state index in [0.717, 1.165) is 6.08 Å². The average molecular weight is 321 g/mol. The summed E-state index contributed by atoms with van der Waals surface area (Å²) in [6, 6.07) is 0. The number of hydrogen-bond acceptors (Lipinski definition) is 5. The van der Waals surface area contributed by atoms with Crippen LogP contribution in [-0.2, 0) is 19.1 Å². The minimum Gasteiger partial charge on any atom is -0.458 e. The van der Waals surface area contributed by atoms with Crippen molar-refractivity contribution in [2.75, 3.05) is 6.54 Å². The summed E-state index contributed by atoms with van der Waals surface area (Å²) in [4.78, 5) is 38.2. The standard InChI is InChI=1S/C18H27NO4/c1-8-14(20)13-10-17(4,5)19(18(6,7)16(13)22)11-12(3)23-15(21)9-2/h8-9,12-13H,1-2,10-11H2,3-7H3. The van der Waals surface area contributed by atoms with Crippen LogP contribution in [0.15, 0.2) is 25.3 Å². The van der Waals surface area contributed by atoms with Gasteiger partial charge in [0.25, 0.3) is 0 Å². The maximum atomic E-state index is 12.8. The summed E-state index contributed by atoms with van der Waals surface area (Å²) in [5.41, 5.74) is -1.23. The topological polar surface area (TPSA) is 63.7 Å². The lowest BCUT2D eigenvalue weighted by atomic mass is 9.71. The highest BCUT2D eigenvalue weighted by atomic mass is 16.5. The summed E-state index contributed by atoms with van der Waals surface area (Å²) in [5, 5.41) is 0. The summed E-state index contributed by atoms with van der Waals surface area (Å²) in [6.45, 7) is 16.7. The third-order valence-electron chi connectivity index (χ3n) is 4.50. The van der Waals surface area contributed by atoms with E-state index in [-0.39, 0.29) is 11.6 Å². The molecule has 0 bridgehead atoms. The van der Waals surface area contributed by atoms with Crippen molar-refractivity contribution in [3.63, 3.8) is 0 Å². The Morgan fingerprint density at radius 1 is 1.30 bits per heavy atom. The molecule has 128 valence electrons. The van der Waals surface area contributed by atoms with E-state index in [9.17, 15) is 14.4 Å². The quantitative estimate of drug-likeness (QED) is 0.427. The van der Waals surface area contributed by atoms with Crippen LogP contribution >= 0.6 is 0 Å². The van der Waals surface area contributed by atoms with E-state index in [1.54, 1.807) is 6.92 Å². The zero-order valence-electron chi connectivity index (χ0n) is 14.7. The van der Waals surface area contributed by atoms with Crippen molar-refractivity contribution >= 4 is 17.5 Å². The Morgan fingerprint density at radius 3 is 2.35 bits per heavy atom. The van der Waals surface area contributed by atoms with E-state index in [2.05, 4.69) is 13.2 Å². The Morgan fingerprint density at radius 2 is 1.87 bits per heavy atom. The molecule has 5 nitrogen and oxygen atoms in total. The molecule has 2 unspecified atom stereocenters. The maximum Gasteiger partial charge on any atom is 0.330 e. The summed E-state index contributed by atoms with van der Waals surface area (Å²) >= 11 is 0. The van der Waals surface area contributed by atoms with Crippen LogP contribution in [0.5, 0.6) is 0 Å². The molecule has 0 saturated carbocycles. The molecular weight excluding hydrogens is 294 g/mol. The highest BCUT2D eigenvalue weighted by molar-refractivity contribution is 6.10. The molecule has 1 aliphatic heterocycles. The molecule has 0 aromatic heterocycles. The second-order valence-electron chi connectivity index (χ2n) is 7.16. The van der Waals surface area contributed by atoms with Crippen molar-refractivity contribution in [1.29, 1.82) is 0 Å². The lowest BCUT2D eigenvalue weighted by molar-refractivity contribution is -0.157. The number of hydrogen-bond donors (Lipinski definition) is 0. The molecule has 1 rings (SSSR count). The largest absolute Gasteiger partial charge is 0.458 e. The average Bonchev–Trinajstić information content (AvgIpc) is 2.47. The Kier molecular flexibility index (Phi) is 5.69. The number of allylic oxidation sites excluding steroid dienone is 1. The van der Waals surface area contributed by atoms with Gasteiger partial charge in [-0.05, 0) is 47.1 Å². The molecule has 1 saturated heterocycles. The van der Waals surface area contributed by atoms with Gasteiger partial charge in [-0.3, -0.25) is 14.5 Å². The zero-order valence-corrected chi connectivity index (χ0v) is 14.7. The number of carbonyl (C=O) groups is 3. The SMILES string of the molecule is C=CC(=O)OC(C)CN1C(C)(C)CC(C(=O)C=C)C(=O)C1(C)C. The van der Waals surface area contributed by atoms with E-state index in [4.69, 9.17) is 4.74 Å². The number of rotatable bonds is 6. The second kappa shape index (κ2) is 6.79. The van der Waals surface area contributed by atoms with Crippen LogP contribution in [0.4, 0.5) is 0 Å². The Bertz CT molecular complexity index is 533. The van der Waals surface area contributed by atoms with Gasteiger partial charge in [0.05, 0.1) is 11.5 Å². The van der Waals surface area contributed by atoms with Crippen LogP contribution in [0.25, 0.3) is 0 Å². The van der Waals surface area contributed by atoms with Crippen LogP contribution in [-0.4, -0.2) is 46.2 Å². The normalized spacial score (nSPS) is 24.6. The van der Waals surface area contributed by atoms with E-state index < -0.39 is 29.1 Å². The molecule has 2 atom stereocenters. The van der Waals surface area contributed by atoms with E-state index >= 15 is 0 Å². The van der Waals surface area contributed by atoms with Gasteiger partial charge in [0.1, 0.15) is 6.10 Å². The number of ether oxygens (including phenoxy) is 1. The number of likely N-dealkylation sites (tertiary alicyclic amines) is 1. The molecule has 1 fully saturated rings. The molecule has 0 N–H and O–H groups in total. The Hall–Kier alpha value is -1.75. The summed E-state index contributed by atoms with van der Waals surface area (Å²) in [5.74, 6) is -1.51. The van der Waals surface area contributed by atoms with E-state index in [1.807, 2.05) is 32.6 Å². The minimum atomic E-state index is -0.833. The monoisotopic (exact) mass is 321 g/mol. The van der Waals surface area contributed by atoms with Crippen LogP contribution < -0.4 is 0 Å². The molecule has 0 aliphatic carbocycles. The van der Waals surface area contributed by atoms with Crippen molar-refractivity contribution in [2.45, 2.75) is 58.2 Å². The third kappa shape index (κ3) is 3.96. The van der Waals surface area contributed by atoms with E-state index in [1.165, 1.54) is 6.08 Å². The lowest BCUT2D eigenvalue weighted by Gasteiger charge is -2.54. The molecule has 0 aromatic rings. The van der Waals surface area contributed by atoms with Gasteiger partial charge in [0.15, 0.2) is 11.6 Å². The van der Waals surface area contributed by atoms with Gasteiger partial charge < -0.3 is 4.74 Å². The van der Waals surface area contributed by atoms with Gasteiger partial charge in [0, 0.05) is 18.2 Å². The minimum absolute atomic E-state index is 0.121. The Labute approximate surface area is 138 Å². The number of carbonyl (C=O) groups excluding carboxylic acids is 3. The first-order valence-electron chi connectivity index (χ1n) is 7.78. The highest BCUT2D eigenvalue weighted by Crippen LogP contribution is 2.39. The molecule has 1 heterocycles. The van der Waals surface area contributed by atoms with Crippen molar-refractivity contribution in [3.05, 3.63) is 25.3 Å². The van der Waals surface area contributed by atoms with Gasteiger partial charge in [0.2, 0.25) is 0 Å². The fraction of sp³-hybridized carbons (Fsp3) is 0.611. The molecule has 0 radical (unpaired) electrons. The van der Waals surface area contributed by atoms with Crippen molar-refractivity contribution < 1.29 is 19.1 Å². The summed E-state index contributed by atoms with van der Waals surface area (Å²) in [7, 11) is 0. The van der Waals surface area contributed by atoms with Crippen molar-refractivity contribution in [1.82, 2.24) is 4.90 Å². The molecule has 1 aliphatic rings. The lowest BCUT2D eigenvalue weighted by Crippen LogP contribution is -2.67. The predicted octanol–water partition coefficient (Wildman–Crippen LogP) is 2.31. The van der Waals surface area contributed by atoms with Crippen LogP contribution in [0, 0.1) is 5.92 Å². The van der Waals surface area contributed by atoms with Gasteiger partial charge in [-0.1, -0.05) is 13.2 Å². The van der Waals surface area contributed by atoms with Gasteiger partial charge in [-0.2, -0.15) is 0 Å². The number of ketones is 2. The molecule has 23 heavy (non-hydrogen) atoms. The first kappa shape index (κ1) is 19.3. The van der Waals surface area contributed by atoms with Crippen LogP contribution in [0.2, 0.25) is 0 Å². The van der Waals surface area contributed by atoms with Gasteiger partial charge in [-0.25, -0.2) is 4.79 Å². The summed E-state index contributed by atoms with van der Waals surface area (Å²) in [6.07, 6.45) is 2.37. The fourth-order valence-corrected chi connectivity index (χ4v) is 3.41. The molecule has 0 amide bonds. The van der Waals surface area contributed by atoms with Crippen LogP contribution in [0.3, 0.4) is 0 Å². The molecular formula is C18H27NO4. The third-order valence-corrected chi connectivity index (χ3v) is 4.50. The second-order valence-corrected chi connectivity index (χ2v) is 7.16. The first-order valence-corrected chi connectivity index (χ1v) is 7.78. The maximum absolute atomic E-state index is 12.8. The predicted molar refractivity (Wildman–Crippen MR) is 88.9 cm³/mol. The van der Waals surface area contributed by atoms with Gasteiger partial charge in [-0.15, -0.1) is 0 Å².